The molecule has 0 aliphatic heterocycles. The van der Waals surface area contributed by atoms with Crippen molar-refractivity contribution in [3.05, 3.63) is 39.3 Å². The van der Waals surface area contributed by atoms with E-state index < -0.39 is 0 Å². The van der Waals surface area contributed by atoms with Crippen LogP contribution in [0.5, 0.6) is 0 Å². The van der Waals surface area contributed by atoms with E-state index in [1.54, 1.807) is 17.4 Å². The van der Waals surface area contributed by atoms with Gasteiger partial charge in [-0.2, -0.15) is 0 Å². The fraction of sp³-hybridized carbons (Fsp3) is 0.357. The Labute approximate surface area is 133 Å². The van der Waals surface area contributed by atoms with Crippen molar-refractivity contribution in [1.82, 2.24) is 10.3 Å². The van der Waals surface area contributed by atoms with Gasteiger partial charge in [0.1, 0.15) is 0 Å². The summed E-state index contributed by atoms with van der Waals surface area (Å²) in [6, 6.07) is 5.37. The first-order valence-electron chi connectivity index (χ1n) is 6.55. The molecule has 6 heteroatoms. The second-order valence-electron chi connectivity index (χ2n) is 4.43. The third-order valence-electron chi connectivity index (χ3n) is 2.65. The second kappa shape index (κ2) is 7.84. The molecule has 0 saturated carbocycles. The van der Waals surface area contributed by atoms with Crippen molar-refractivity contribution < 1.29 is 0 Å². The molecule has 0 aliphatic carbocycles. The van der Waals surface area contributed by atoms with Crippen LogP contribution in [-0.4, -0.2) is 18.1 Å². The van der Waals surface area contributed by atoms with Gasteiger partial charge in [-0.1, -0.05) is 30.1 Å². The summed E-state index contributed by atoms with van der Waals surface area (Å²) in [7, 11) is 0. The van der Waals surface area contributed by atoms with Crippen LogP contribution in [0, 0.1) is 0 Å². The van der Waals surface area contributed by atoms with Crippen LogP contribution < -0.4 is 10.6 Å². The van der Waals surface area contributed by atoms with E-state index in [0.717, 1.165) is 42.4 Å². The standard InChI is InChI=1S/C14H17Cl2N3S/c1-2-4-17-5-3-12-9-20-14(18-12)19-13-7-10(15)6-11(16)8-13/h6-9,17H,2-5H2,1H3,(H,18,19). The lowest BCUT2D eigenvalue weighted by atomic mass is 10.3. The number of nitrogens with zero attached hydrogens (tertiary/aromatic N) is 1. The Morgan fingerprint density at radius 1 is 1.15 bits per heavy atom. The summed E-state index contributed by atoms with van der Waals surface area (Å²) >= 11 is 13.5. The zero-order valence-electron chi connectivity index (χ0n) is 11.2. The zero-order chi connectivity index (χ0) is 14.4. The summed E-state index contributed by atoms with van der Waals surface area (Å²) < 4.78 is 0. The Morgan fingerprint density at radius 2 is 1.90 bits per heavy atom. The van der Waals surface area contributed by atoms with Crippen LogP contribution in [0.4, 0.5) is 10.8 Å². The number of halogens is 2. The molecule has 0 aliphatic rings. The van der Waals surface area contributed by atoms with E-state index in [1.807, 2.05) is 12.1 Å². The molecule has 108 valence electrons. The molecule has 0 fully saturated rings. The maximum Gasteiger partial charge on any atom is 0.187 e. The predicted octanol–water partition coefficient (Wildman–Crippen LogP) is 4.74. The summed E-state index contributed by atoms with van der Waals surface area (Å²) in [6.07, 6.45) is 2.09. The summed E-state index contributed by atoms with van der Waals surface area (Å²) in [5.41, 5.74) is 1.95. The lowest BCUT2D eigenvalue weighted by Crippen LogP contribution is -2.17. The molecule has 1 heterocycles. The van der Waals surface area contributed by atoms with E-state index in [0.29, 0.717) is 10.0 Å². The van der Waals surface area contributed by atoms with Crippen LogP contribution in [0.15, 0.2) is 23.6 Å². The normalized spacial score (nSPS) is 10.8. The van der Waals surface area contributed by atoms with Crippen molar-refractivity contribution in [2.75, 3.05) is 18.4 Å². The number of nitrogens with one attached hydrogen (secondary N) is 2. The predicted molar refractivity (Wildman–Crippen MR) is 88.7 cm³/mol. The Kier molecular flexibility index (Phi) is 6.10. The molecule has 1 aromatic carbocycles. The second-order valence-corrected chi connectivity index (χ2v) is 6.16. The maximum absolute atomic E-state index is 5.97. The van der Waals surface area contributed by atoms with Gasteiger partial charge in [-0.05, 0) is 31.2 Å². The Hall–Kier alpha value is -0.810. The van der Waals surface area contributed by atoms with Gasteiger partial charge in [-0.15, -0.1) is 11.3 Å². The minimum Gasteiger partial charge on any atom is -0.331 e. The molecule has 0 unspecified atom stereocenters. The third kappa shape index (κ3) is 4.94. The van der Waals surface area contributed by atoms with Gasteiger partial charge in [0.2, 0.25) is 0 Å². The number of benzene rings is 1. The first-order chi connectivity index (χ1) is 9.67. The van der Waals surface area contributed by atoms with E-state index >= 15 is 0 Å². The number of hydrogen-bond donors (Lipinski definition) is 2. The average molecular weight is 330 g/mol. The molecular formula is C14H17Cl2N3S. The SMILES string of the molecule is CCCNCCc1csc(Nc2cc(Cl)cc(Cl)c2)n1. The van der Waals surface area contributed by atoms with Crippen molar-refractivity contribution in [3.8, 4) is 0 Å². The van der Waals surface area contributed by atoms with E-state index in [2.05, 4.69) is 27.9 Å². The molecule has 2 aromatic rings. The fourth-order valence-electron chi connectivity index (χ4n) is 1.75. The van der Waals surface area contributed by atoms with Crippen LogP contribution in [0.25, 0.3) is 0 Å². The lowest BCUT2D eigenvalue weighted by molar-refractivity contribution is 0.667. The van der Waals surface area contributed by atoms with Crippen molar-refractivity contribution in [3.63, 3.8) is 0 Å². The number of hydrogen-bond acceptors (Lipinski definition) is 4. The lowest BCUT2D eigenvalue weighted by Gasteiger charge is -2.04. The highest BCUT2D eigenvalue weighted by molar-refractivity contribution is 7.13. The highest BCUT2D eigenvalue weighted by Gasteiger charge is 2.04. The van der Waals surface area contributed by atoms with Gasteiger partial charge in [0.15, 0.2) is 5.13 Å². The van der Waals surface area contributed by atoms with E-state index in [1.165, 1.54) is 0 Å². The third-order valence-corrected chi connectivity index (χ3v) is 3.89. The molecule has 0 bridgehead atoms. The topological polar surface area (TPSA) is 37.0 Å². The Morgan fingerprint density at radius 3 is 2.60 bits per heavy atom. The van der Waals surface area contributed by atoms with Gasteiger partial charge in [0.05, 0.1) is 5.69 Å². The molecule has 0 atom stereocenters. The van der Waals surface area contributed by atoms with Crippen LogP contribution in [0.1, 0.15) is 19.0 Å². The Bertz CT molecular complexity index is 537. The van der Waals surface area contributed by atoms with E-state index in [-0.39, 0.29) is 0 Å². The maximum atomic E-state index is 5.97. The molecule has 0 saturated heterocycles. The molecule has 0 radical (unpaired) electrons. The molecule has 0 spiro atoms. The number of rotatable bonds is 7. The monoisotopic (exact) mass is 329 g/mol. The minimum absolute atomic E-state index is 0.612. The first kappa shape index (κ1) is 15.6. The van der Waals surface area contributed by atoms with Crippen molar-refractivity contribution in [2.24, 2.45) is 0 Å². The van der Waals surface area contributed by atoms with Gasteiger partial charge in [0, 0.05) is 34.1 Å². The molecule has 0 amide bonds. The van der Waals surface area contributed by atoms with Gasteiger partial charge >= 0.3 is 0 Å². The highest BCUT2D eigenvalue weighted by Crippen LogP contribution is 2.26. The van der Waals surface area contributed by atoms with Gasteiger partial charge in [-0.25, -0.2) is 4.98 Å². The zero-order valence-corrected chi connectivity index (χ0v) is 13.6. The van der Waals surface area contributed by atoms with Crippen LogP contribution in [0.2, 0.25) is 10.0 Å². The number of anilines is 2. The largest absolute Gasteiger partial charge is 0.331 e. The van der Waals surface area contributed by atoms with Crippen molar-refractivity contribution in [1.29, 1.82) is 0 Å². The highest BCUT2D eigenvalue weighted by atomic mass is 35.5. The van der Waals surface area contributed by atoms with Gasteiger partial charge < -0.3 is 10.6 Å². The van der Waals surface area contributed by atoms with Gasteiger partial charge in [-0.3, -0.25) is 0 Å². The molecule has 2 N–H and O–H groups in total. The van der Waals surface area contributed by atoms with Gasteiger partial charge in [0.25, 0.3) is 0 Å². The van der Waals surface area contributed by atoms with E-state index in [9.17, 15) is 0 Å². The van der Waals surface area contributed by atoms with Crippen LogP contribution >= 0.6 is 34.5 Å². The number of aromatic nitrogens is 1. The van der Waals surface area contributed by atoms with Crippen LogP contribution in [0.3, 0.4) is 0 Å². The summed E-state index contributed by atoms with van der Waals surface area (Å²) in [5.74, 6) is 0. The fourth-order valence-corrected chi connectivity index (χ4v) is 3.04. The molecule has 20 heavy (non-hydrogen) atoms. The quantitative estimate of drug-likeness (QED) is 0.720. The molecule has 3 nitrogen and oxygen atoms in total. The summed E-state index contributed by atoms with van der Waals surface area (Å²) in [6.45, 7) is 4.17. The van der Waals surface area contributed by atoms with E-state index in [4.69, 9.17) is 23.2 Å². The molecule has 2 rings (SSSR count). The van der Waals surface area contributed by atoms with Crippen molar-refractivity contribution in [2.45, 2.75) is 19.8 Å². The van der Waals surface area contributed by atoms with Crippen molar-refractivity contribution >= 4 is 45.4 Å². The first-order valence-corrected chi connectivity index (χ1v) is 8.19. The minimum atomic E-state index is 0.612. The molecule has 1 aromatic heterocycles. The Balaban J connectivity index is 1.92. The van der Waals surface area contributed by atoms with Crippen LogP contribution in [-0.2, 0) is 6.42 Å². The molecular weight excluding hydrogens is 313 g/mol. The summed E-state index contributed by atoms with van der Waals surface area (Å²) in [4.78, 5) is 4.54. The smallest absolute Gasteiger partial charge is 0.187 e. The summed E-state index contributed by atoms with van der Waals surface area (Å²) in [5, 5.41) is 10.7. The number of thiazole rings is 1. The average Bonchev–Trinajstić information content (AvgIpc) is 2.81.